The topological polar surface area (TPSA) is 34.2 Å². The molecule has 0 spiro atoms. The summed E-state index contributed by atoms with van der Waals surface area (Å²) in [6, 6.07) is 14.7. The average Bonchev–Trinajstić information content (AvgIpc) is 3.31. The number of hydrogen-bond donors (Lipinski definition) is 1. The van der Waals surface area contributed by atoms with Crippen LogP contribution >= 0.6 is 0 Å². The van der Waals surface area contributed by atoms with Crippen LogP contribution in [0.25, 0.3) is 0 Å². The highest BCUT2D eigenvalue weighted by Crippen LogP contribution is 2.27. The molecule has 104 valence electrons. The SMILES string of the molecule is CNC(Cc1ccccn1)c1ccc(OC2CC2)cc1. The molecule has 0 aliphatic heterocycles. The second kappa shape index (κ2) is 6.06. The number of aromatic nitrogens is 1. The molecular formula is C17H20N2O. The lowest BCUT2D eigenvalue weighted by atomic mass is 10.0. The first-order chi connectivity index (χ1) is 9.85. The largest absolute Gasteiger partial charge is 0.490 e. The minimum absolute atomic E-state index is 0.278. The zero-order valence-electron chi connectivity index (χ0n) is 11.8. The molecule has 1 saturated carbocycles. The first kappa shape index (κ1) is 13.1. The molecule has 0 amide bonds. The number of rotatable bonds is 6. The molecule has 1 atom stereocenters. The monoisotopic (exact) mass is 268 g/mol. The van der Waals surface area contributed by atoms with Gasteiger partial charge in [-0.3, -0.25) is 4.98 Å². The molecule has 3 heteroatoms. The lowest BCUT2D eigenvalue weighted by Crippen LogP contribution is -2.19. The molecule has 1 N–H and O–H groups in total. The Morgan fingerprint density at radius 3 is 2.60 bits per heavy atom. The van der Waals surface area contributed by atoms with Gasteiger partial charge < -0.3 is 10.1 Å². The van der Waals surface area contributed by atoms with Crippen molar-refractivity contribution in [2.24, 2.45) is 0 Å². The minimum Gasteiger partial charge on any atom is -0.490 e. The second-order valence-corrected chi connectivity index (χ2v) is 5.25. The Bertz CT molecular complexity index is 535. The van der Waals surface area contributed by atoms with E-state index in [9.17, 15) is 0 Å². The fourth-order valence-corrected chi connectivity index (χ4v) is 2.27. The summed E-state index contributed by atoms with van der Waals surface area (Å²) in [5.41, 5.74) is 2.37. The quantitative estimate of drug-likeness (QED) is 0.874. The lowest BCUT2D eigenvalue weighted by Gasteiger charge is -2.16. The summed E-state index contributed by atoms with van der Waals surface area (Å²) in [6.45, 7) is 0. The van der Waals surface area contributed by atoms with Gasteiger partial charge in [-0.1, -0.05) is 18.2 Å². The predicted octanol–water partition coefficient (Wildman–Crippen LogP) is 3.13. The molecule has 0 saturated heterocycles. The fourth-order valence-electron chi connectivity index (χ4n) is 2.27. The van der Waals surface area contributed by atoms with Crippen LogP contribution in [0.4, 0.5) is 0 Å². The van der Waals surface area contributed by atoms with E-state index in [0.717, 1.165) is 17.9 Å². The normalized spacial score (nSPS) is 15.8. The van der Waals surface area contributed by atoms with Gasteiger partial charge in [-0.05, 0) is 49.7 Å². The van der Waals surface area contributed by atoms with E-state index in [1.165, 1.54) is 18.4 Å². The number of hydrogen-bond acceptors (Lipinski definition) is 3. The van der Waals surface area contributed by atoms with Crippen molar-refractivity contribution in [3.05, 3.63) is 59.9 Å². The van der Waals surface area contributed by atoms with Gasteiger partial charge in [0, 0.05) is 24.4 Å². The number of pyridine rings is 1. The minimum atomic E-state index is 0.278. The number of ether oxygens (including phenoxy) is 1. The van der Waals surface area contributed by atoms with Crippen LogP contribution in [0.2, 0.25) is 0 Å². The van der Waals surface area contributed by atoms with Crippen molar-refractivity contribution in [3.8, 4) is 5.75 Å². The zero-order valence-corrected chi connectivity index (χ0v) is 11.8. The number of benzene rings is 1. The first-order valence-corrected chi connectivity index (χ1v) is 7.19. The maximum Gasteiger partial charge on any atom is 0.119 e. The molecule has 3 nitrogen and oxygen atoms in total. The van der Waals surface area contributed by atoms with Crippen LogP contribution in [0, 0.1) is 0 Å². The van der Waals surface area contributed by atoms with E-state index in [1.807, 2.05) is 25.4 Å². The summed E-state index contributed by atoms with van der Waals surface area (Å²) in [7, 11) is 1.99. The molecule has 0 radical (unpaired) electrons. The Morgan fingerprint density at radius 2 is 2.00 bits per heavy atom. The summed E-state index contributed by atoms with van der Waals surface area (Å²) >= 11 is 0. The van der Waals surface area contributed by atoms with Crippen molar-refractivity contribution in [3.63, 3.8) is 0 Å². The van der Waals surface area contributed by atoms with E-state index in [0.29, 0.717) is 6.10 Å². The molecule has 2 aromatic rings. The molecule has 20 heavy (non-hydrogen) atoms. The molecule has 3 rings (SSSR count). The van der Waals surface area contributed by atoms with Crippen molar-refractivity contribution in [1.82, 2.24) is 10.3 Å². The van der Waals surface area contributed by atoms with Gasteiger partial charge in [0.05, 0.1) is 6.10 Å². The third kappa shape index (κ3) is 3.36. The summed E-state index contributed by atoms with van der Waals surface area (Å²) in [4.78, 5) is 4.39. The molecule has 1 aliphatic rings. The highest BCUT2D eigenvalue weighted by atomic mass is 16.5. The van der Waals surface area contributed by atoms with Gasteiger partial charge in [0.1, 0.15) is 5.75 Å². The average molecular weight is 268 g/mol. The van der Waals surface area contributed by atoms with Gasteiger partial charge in [0.2, 0.25) is 0 Å². The third-order valence-electron chi connectivity index (χ3n) is 3.60. The van der Waals surface area contributed by atoms with Crippen LogP contribution in [0.15, 0.2) is 48.7 Å². The van der Waals surface area contributed by atoms with Gasteiger partial charge >= 0.3 is 0 Å². The molecule has 1 fully saturated rings. The Balaban J connectivity index is 1.68. The number of nitrogens with zero attached hydrogens (tertiary/aromatic N) is 1. The highest BCUT2D eigenvalue weighted by Gasteiger charge is 2.23. The van der Waals surface area contributed by atoms with Crippen molar-refractivity contribution in [2.75, 3.05) is 7.05 Å². The molecule has 1 aromatic heterocycles. The van der Waals surface area contributed by atoms with Gasteiger partial charge in [-0.2, -0.15) is 0 Å². The van der Waals surface area contributed by atoms with Gasteiger partial charge in [0.25, 0.3) is 0 Å². The standard InChI is InChI=1S/C17H20N2O/c1-18-17(12-14-4-2-3-11-19-14)13-5-7-15(8-6-13)20-16-9-10-16/h2-8,11,16-18H,9-10,12H2,1H3. The summed E-state index contributed by atoms with van der Waals surface area (Å²) in [6.07, 6.45) is 5.57. The van der Waals surface area contributed by atoms with E-state index in [1.54, 1.807) is 0 Å². The van der Waals surface area contributed by atoms with Crippen molar-refractivity contribution >= 4 is 0 Å². The van der Waals surface area contributed by atoms with Crippen LogP contribution in [-0.4, -0.2) is 18.1 Å². The van der Waals surface area contributed by atoms with Crippen LogP contribution in [0.5, 0.6) is 5.75 Å². The highest BCUT2D eigenvalue weighted by molar-refractivity contribution is 5.30. The molecule has 1 aliphatic carbocycles. The van der Waals surface area contributed by atoms with Crippen LogP contribution in [0.1, 0.15) is 30.1 Å². The molecular weight excluding hydrogens is 248 g/mol. The molecule has 1 heterocycles. The van der Waals surface area contributed by atoms with E-state index >= 15 is 0 Å². The van der Waals surface area contributed by atoms with Crippen molar-refractivity contribution in [2.45, 2.75) is 31.4 Å². The maximum absolute atomic E-state index is 5.78. The van der Waals surface area contributed by atoms with Crippen LogP contribution < -0.4 is 10.1 Å². The fraction of sp³-hybridized carbons (Fsp3) is 0.353. The molecule has 0 bridgehead atoms. The van der Waals surface area contributed by atoms with Gasteiger partial charge in [0.15, 0.2) is 0 Å². The lowest BCUT2D eigenvalue weighted by molar-refractivity contribution is 0.303. The van der Waals surface area contributed by atoms with E-state index in [2.05, 4.69) is 40.6 Å². The summed E-state index contributed by atoms with van der Waals surface area (Å²) in [5, 5.41) is 3.36. The van der Waals surface area contributed by atoms with E-state index in [4.69, 9.17) is 4.74 Å². The van der Waals surface area contributed by atoms with Gasteiger partial charge in [-0.25, -0.2) is 0 Å². The Kier molecular flexibility index (Phi) is 3.97. The Labute approximate surface area is 120 Å². The van der Waals surface area contributed by atoms with Crippen molar-refractivity contribution < 1.29 is 4.74 Å². The van der Waals surface area contributed by atoms with Crippen LogP contribution in [-0.2, 0) is 6.42 Å². The Morgan fingerprint density at radius 1 is 1.20 bits per heavy atom. The third-order valence-corrected chi connectivity index (χ3v) is 3.60. The summed E-state index contributed by atoms with van der Waals surface area (Å²) < 4.78 is 5.78. The zero-order chi connectivity index (χ0) is 13.8. The number of nitrogens with one attached hydrogen (secondary N) is 1. The van der Waals surface area contributed by atoms with E-state index < -0.39 is 0 Å². The van der Waals surface area contributed by atoms with Crippen LogP contribution in [0.3, 0.4) is 0 Å². The van der Waals surface area contributed by atoms with Crippen molar-refractivity contribution in [1.29, 1.82) is 0 Å². The Hall–Kier alpha value is -1.87. The first-order valence-electron chi connectivity index (χ1n) is 7.19. The van der Waals surface area contributed by atoms with Gasteiger partial charge in [-0.15, -0.1) is 0 Å². The predicted molar refractivity (Wildman–Crippen MR) is 79.8 cm³/mol. The molecule has 1 aromatic carbocycles. The number of likely N-dealkylation sites (N-methyl/N-ethyl adjacent to an activating group) is 1. The second-order valence-electron chi connectivity index (χ2n) is 5.25. The smallest absolute Gasteiger partial charge is 0.119 e. The summed E-state index contributed by atoms with van der Waals surface area (Å²) in [5.74, 6) is 0.976. The maximum atomic E-state index is 5.78. The molecule has 1 unspecified atom stereocenters. The van der Waals surface area contributed by atoms with E-state index in [-0.39, 0.29) is 6.04 Å².